The molecule has 0 radical (unpaired) electrons. The molecule has 1 heterocycles. The van der Waals surface area contributed by atoms with Crippen LogP contribution in [0.5, 0.6) is 0 Å². The Labute approximate surface area is 139 Å². The molecule has 0 spiro atoms. The molecule has 0 aliphatic carbocycles. The van der Waals surface area contributed by atoms with Crippen LogP contribution < -0.4 is 10.2 Å². The Morgan fingerprint density at radius 1 is 1.33 bits per heavy atom. The number of benzene rings is 1. The second kappa shape index (κ2) is 7.70. The minimum absolute atomic E-state index is 0.0236. The molecule has 2 atom stereocenters. The van der Waals surface area contributed by atoms with Gasteiger partial charge in [-0.3, -0.25) is 9.59 Å². The average molecular weight is 340 g/mol. The zero-order valence-electron chi connectivity index (χ0n) is 13.8. The summed E-state index contributed by atoms with van der Waals surface area (Å²) in [6.45, 7) is 4.12. The van der Waals surface area contributed by atoms with Gasteiger partial charge < -0.3 is 15.3 Å². The topological polar surface area (TPSA) is 69.6 Å². The molecule has 2 rings (SSSR count). The van der Waals surface area contributed by atoms with E-state index in [2.05, 4.69) is 5.32 Å². The van der Waals surface area contributed by atoms with Gasteiger partial charge in [0.25, 0.3) is 0 Å². The Balaban J connectivity index is 1.95. The van der Waals surface area contributed by atoms with Crippen molar-refractivity contribution in [3.05, 3.63) is 29.8 Å². The number of nitrogens with one attached hydrogen (secondary N) is 1. The zero-order valence-corrected chi connectivity index (χ0v) is 13.8. The Bertz CT molecular complexity index is 602. The van der Waals surface area contributed by atoms with Crippen LogP contribution in [0, 0.1) is 23.5 Å². The van der Waals surface area contributed by atoms with Crippen LogP contribution in [0.4, 0.5) is 14.5 Å². The third-order valence-corrected chi connectivity index (χ3v) is 3.91. The van der Waals surface area contributed by atoms with Crippen molar-refractivity contribution in [1.29, 1.82) is 0 Å². The smallest absolute Gasteiger partial charge is 0.227 e. The first-order valence-corrected chi connectivity index (χ1v) is 7.98. The quantitative estimate of drug-likeness (QED) is 0.830. The van der Waals surface area contributed by atoms with Gasteiger partial charge in [-0.25, -0.2) is 8.78 Å². The number of carbonyl (C=O) groups excluding carboxylic acids is 2. The number of hydrogen-bond donors (Lipinski definition) is 2. The van der Waals surface area contributed by atoms with E-state index in [-0.39, 0.29) is 37.0 Å². The van der Waals surface area contributed by atoms with Gasteiger partial charge in [0.2, 0.25) is 11.8 Å². The molecule has 1 aliphatic rings. The number of anilines is 1. The van der Waals surface area contributed by atoms with Crippen LogP contribution in [0.1, 0.15) is 26.7 Å². The van der Waals surface area contributed by atoms with E-state index in [1.807, 2.05) is 13.8 Å². The summed E-state index contributed by atoms with van der Waals surface area (Å²) < 4.78 is 26.6. The predicted molar refractivity (Wildman–Crippen MR) is 85.3 cm³/mol. The Morgan fingerprint density at radius 3 is 2.54 bits per heavy atom. The van der Waals surface area contributed by atoms with E-state index in [0.717, 1.165) is 18.2 Å². The number of hydrogen-bond acceptors (Lipinski definition) is 3. The van der Waals surface area contributed by atoms with E-state index in [1.54, 1.807) is 0 Å². The first-order valence-electron chi connectivity index (χ1n) is 7.98. The fourth-order valence-corrected chi connectivity index (χ4v) is 2.82. The average Bonchev–Trinajstić information content (AvgIpc) is 2.85. The second-order valence-electron chi connectivity index (χ2n) is 6.56. The van der Waals surface area contributed by atoms with Crippen molar-refractivity contribution < 1.29 is 23.5 Å². The molecule has 132 valence electrons. The molecule has 5 nitrogen and oxygen atoms in total. The van der Waals surface area contributed by atoms with Gasteiger partial charge in [0.05, 0.1) is 12.0 Å². The molecule has 0 aromatic heterocycles. The molecule has 7 heteroatoms. The van der Waals surface area contributed by atoms with Gasteiger partial charge >= 0.3 is 0 Å². The maximum absolute atomic E-state index is 13.3. The van der Waals surface area contributed by atoms with Crippen molar-refractivity contribution in [1.82, 2.24) is 5.32 Å². The van der Waals surface area contributed by atoms with Crippen LogP contribution >= 0.6 is 0 Å². The fourth-order valence-electron chi connectivity index (χ4n) is 2.82. The molecule has 0 bridgehead atoms. The van der Waals surface area contributed by atoms with E-state index in [1.165, 1.54) is 4.90 Å². The Morgan fingerprint density at radius 2 is 1.96 bits per heavy atom. The summed E-state index contributed by atoms with van der Waals surface area (Å²) in [7, 11) is 0. The number of rotatable bonds is 6. The van der Waals surface area contributed by atoms with Gasteiger partial charge in [-0.2, -0.15) is 0 Å². The lowest BCUT2D eigenvalue weighted by Crippen LogP contribution is -2.37. The third kappa shape index (κ3) is 4.74. The molecule has 1 saturated heterocycles. The van der Waals surface area contributed by atoms with Crippen LogP contribution in [-0.2, 0) is 9.59 Å². The van der Waals surface area contributed by atoms with E-state index >= 15 is 0 Å². The van der Waals surface area contributed by atoms with E-state index in [4.69, 9.17) is 0 Å². The number of aliphatic hydroxyl groups is 1. The van der Waals surface area contributed by atoms with Crippen LogP contribution in [0.2, 0.25) is 0 Å². The molecule has 1 aromatic rings. The molecule has 2 unspecified atom stereocenters. The van der Waals surface area contributed by atoms with Crippen molar-refractivity contribution >= 4 is 17.5 Å². The standard InChI is InChI=1S/C17H22F2N2O3/c1-10(2)3-15(22)8-20-17(24)11-4-16(23)21(9-11)14-6-12(18)5-13(19)7-14/h5-7,10-11,15,22H,3-4,8-9H2,1-2H3,(H,20,24). The summed E-state index contributed by atoms with van der Waals surface area (Å²) in [5.41, 5.74) is 0.104. The Hall–Kier alpha value is -2.02. The molecule has 24 heavy (non-hydrogen) atoms. The van der Waals surface area contributed by atoms with E-state index < -0.39 is 23.7 Å². The number of nitrogens with zero attached hydrogens (tertiary/aromatic N) is 1. The monoisotopic (exact) mass is 340 g/mol. The van der Waals surface area contributed by atoms with Crippen molar-refractivity contribution in [3.8, 4) is 0 Å². The number of amides is 2. The van der Waals surface area contributed by atoms with Gasteiger partial charge in [0.15, 0.2) is 0 Å². The summed E-state index contributed by atoms with van der Waals surface area (Å²) in [6.07, 6.45) is -0.0949. The summed E-state index contributed by atoms with van der Waals surface area (Å²) >= 11 is 0. The molecular weight excluding hydrogens is 318 g/mol. The summed E-state index contributed by atoms with van der Waals surface area (Å²) in [4.78, 5) is 25.4. The highest BCUT2D eigenvalue weighted by atomic mass is 19.1. The van der Waals surface area contributed by atoms with Crippen LogP contribution in [-0.4, -0.2) is 36.1 Å². The molecule has 1 aromatic carbocycles. The minimum Gasteiger partial charge on any atom is -0.391 e. The predicted octanol–water partition coefficient (Wildman–Crippen LogP) is 1.84. The lowest BCUT2D eigenvalue weighted by Gasteiger charge is -2.18. The lowest BCUT2D eigenvalue weighted by molar-refractivity contribution is -0.126. The van der Waals surface area contributed by atoms with Crippen LogP contribution in [0.25, 0.3) is 0 Å². The summed E-state index contributed by atoms with van der Waals surface area (Å²) in [6, 6.07) is 2.85. The number of halogens is 2. The van der Waals surface area contributed by atoms with Crippen molar-refractivity contribution in [2.45, 2.75) is 32.8 Å². The second-order valence-corrected chi connectivity index (χ2v) is 6.56. The summed E-state index contributed by atoms with van der Waals surface area (Å²) in [5, 5.41) is 12.4. The van der Waals surface area contributed by atoms with Gasteiger partial charge in [-0.15, -0.1) is 0 Å². The maximum Gasteiger partial charge on any atom is 0.227 e. The highest BCUT2D eigenvalue weighted by Crippen LogP contribution is 2.26. The first-order chi connectivity index (χ1) is 11.3. The van der Waals surface area contributed by atoms with Crippen LogP contribution in [0.3, 0.4) is 0 Å². The van der Waals surface area contributed by atoms with Gasteiger partial charge in [0, 0.05) is 31.3 Å². The molecular formula is C17H22F2N2O3. The van der Waals surface area contributed by atoms with Crippen molar-refractivity contribution in [2.75, 3.05) is 18.0 Å². The van der Waals surface area contributed by atoms with Gasteiger partial charge in [-0.05, 0) is 24.5 Å². The summed E-state index contributed by atoms with van der Waals surface area (Å²) in [5.74, 6) is -2.54. The first kappa shape index (κ1) is 18.3. The maximum atomic E-state index is 13.3. The zero-order chi connectivity index (χ0) is 17.9. The molecule has 0 saturated carbocycles. The number of aliphatic hydroxyl groups excluding tert-OH is 1. The fraction of sp³-hybridized carbons (Fsp3) is 0.529. The Kier molecular flexibility index (Phi) is 5.88. The lowest BCUT2D eigenvalue weighted by atomic mass is 10.1. The highest BCUT2D eigenvalue weighted by molar-refractivity contribution is 6.00. The normalized spacial score (nSPS) is 19.0. The van der Waals surface area contributed by atoms with Gasteiger partial charge in [0.1, 0.15) is 11.6 Å². The van der Waals surface area contributed by atoms with E-state index in [9.17, 15) is 23.5 Å². The van der Waals surface area contributed by atoms with Crippen molar-refractivity contribution in [3.63, 3.8) is 0 Å². The molecule has 1 fully saturated rings. The highest BCUT2D eigenvalue weighted by Gasteiger charge is 2.35. The minimum atomic E-state index is -0.775. The molecule has 1 aliphatic heterocycles. The van der Waals surface area contributed by atoms with Crippen molar-refractivity contribution in [2.24, 2.45) is 11.8 Å². The third-order valence-electron chi connectivity index (χ3n) is 3.91. The van der Waals surface area contributed by atoms with E-state index in [0.29, 0.717) is 12.3 Å². The van der Waals surface area contributed by atoms with Crippen LogP contribution in [0.15, 0.2) is 18.2 Å². The number of carbonyl (C=O) groups is 2. The largest absolute Gasteiger partial charge is 0.391 e. The van der Waals surface area contributed by atoms with Gasteiger partial charge in [-0.1, -0.05) is 13.8 Å². The molecule has 2 N–H and O–H groups in total. The molecule has 2 amide bonds. The SMILES string of the molecule is CC(C)CC(O)CNC(=O)C1CC(=O)N(c2cc(F)cc(F)c2)C1.